The second-order valence-electron chi connectivity index (χ2n) is 7.07. The Bertz CT molecular complexity index is 497. The molecule has 0 bridgehead atoms. The molecule has 25 heavy (non-hydrogen) atoms. The SMILES string of the molecule is CCOC(=O)N1CCC(NC(=O)C2(C(=O)NCCN(C)C)CC2)CC1. The van der Waals surface area contributed by atoms with E-state index in [9.17, 15) is 14.4 Å². The normalized spacial score (nSPS) is 19.4. The number of likely N-dealkylation sites (N-methyl/N-ethyl adjacent to an activating group) is 1. The molecule has 8 nitrogen and oxygen atoms in total. The molecule has 2 rings (SSSR count). The maximum atomic E-state index is 12.6. The number of carbonyl (C=O) groups excluding carboxylic acids is 3. The molecule has 2 N–H and O–H groups in total. The van der Waals surface area contributed by atoms with E-state index < -0.39 is 5.41 Å². The van der Waals surface area contributed by atoms with Crippen molar-refractivity contribution in [3.05, 3.63) is 0 Å². The number of likely N-dealkylation sites (tertiary alicyclic amines) is 1. The maximum absolute atomic E-state index is 12.6. The Morgan fingerprint density at radius 2 is 1.80 bits per heavy atom. The van der Waals surface area contributed by atoms with Gasteiger partial charge in [0, 0.05) is 32.2 Å². The molecule has 1 heterocycles. The summed E-state index contributed by atoms with van der Waals surface area (Å²) in [6.07, 6.45) is 2.28. The second kappa shape index (κ2) is 8.51. The Kier molecular flexibility index (Phi) is 6.64. The van der Waals surface area contributed by atoms with E-state index in [-0.39, 0.29) is 23.9 Å². The zero-order chi connectivity index (χ0) is 18.4. The van der Waals surface area contributed by atoms with E-state index in [1.54, 1.807) is 11.8 Å². The van der Waals surface area contributed by atoms with Crippen LogP contribution in [0.1, 0.15) is 32.6 Å². The van der Waals surface area contributed by atoms with Crippen LogP contribution in [0.25, 0.3) is 0 Å². The summed E-state index contributed by atoms with van der Waals surface area (Å²) in [6, 6.07) is 0.00484. The maximum Gasteiger partial charge on any atom is 0.409 e. The smallest absolute Gasteiger partial charge is 0.409 e. The number of ether oxygens (including phenoxy) is 1. The summed E-state index contributed by atoms with van der Waals surface area (Å²) in [5, 5.41) is 5.86. The molecule has 3 amide bonds. The third-order valence-corrected chi connectivity index (χ3v) is 4.82. The topological polar surface area (TPSA) is 91.0 Å². The van der Waals surface area contributed by atoms with Crippen LogP contribution in [0.4, 0.5) is 4.79 Å². The lowest BCUT2D eigenvalue weighted by molar-refractivity contribution is -0.137. The van der Waals surface area contributed by atoms with Crippen LogP contribution in [0, 0.1) is 5.41 Å². The first-order valence-electron chi connectivity index (χ1n) is 9.04. The van der Waals surface area contributed by atoms with Gasteiger partial charge in [0.05, 0.1) is 6.61 Å². The van der Waals surface area contributed by atoms with E-state index in [2.05, 4.69) is 10.6 Å². The van der Waals surface area contributed by atoms with Gasteiger partial charge in [-0.05, 0) is 46.7 Å². The number of nitrogens with zero attached hydrogens (tertiary/aromatic N) is 2. The van der Waals surface area contributed by atoms with Gasteiger partial charge in [-0.2, -0.15) is 0 Å². The molecule has 1 aliphatic heterocycles. The van der Waals surface area contributed by atoms with Crippen molar-refractivity contribution in [2.75, 3.05) is 46.9 Å². The third kappa shape index (κ3) is 5.07. The average Bonchev–Trinajstić information content (AvgIpc) is 3.37. The van der Waals surface area contributed by atoms with E-state index in [4.69, 9.17) is 4.74 Å². The molecule has 0 radical (unpaired) electrons. The second-order valence-corrected chi connectivity index (χ2v) is 7.07. The summed E-state index contributed by atoms with van der Waals surface area (Å²) in [5.41, 5.74) is -0.884. The van der Waals surface area contributed by atoms with Gasteiger partial charge in [-0.25, -0.2) is 4.79 Å². The van der Waals surface area contributed by atoms with Crippen molar-refractivity contribution in [2.45, 2.75) is 38.6 Å². The standard InChI is InChI=1S/C17H30N4O4/c1-4-25-16(24)21-10-5-13(6-11-21)19-15(23)17(7-8-17)14(22)18-9-12-20(2)3/h13H,4-12H2,1-3H3,(H,18,22)(H,19,23). The van der Waals surface area contributed by atoms with E-state index in [1.165, 1.54) is 0 Å². The molecule has 2 fully saturated rings. The highest BCUT2D eigenvalue weighted by molar-refractivity contribution is 6.07. The molecule has 1 saturated heterocycles. The van der Waals surface area contributed by atoms with Crippen LogP contribution < -0.4 is 10.6 Å². The molecule has 0 unspecified atom stereocenters. The first kappa shape index (κ1) is 19.5. The zero-order valence-corrected chi connectivity index (χ0v) is 15.5. The molecule has 0 atom stereocenters. The summed E-state index contributed by atoms with van der Waals surface area (Å²) in [5.74, 6) is -0.347. The highest BCUT2D eigenvalue weighted by Gasteiger charge is 2.56. The Morgan fingerprint density at radius 1 is 1.16 bits per heavy atom. The highest BCUT2D eigenvalue weighted by atomic mass is 16.6. The lowest BCUT2D eigenvalue weighted by Crippen LogP contribution is -2.51. The van der Waals surface area contributed by atoms with Gasteiger partial charge in [-0.1, -0.05) is 0 Å². The fourth-order valence-corrected chi connectivity index (χ4v) is 2.99. The van der Waals surface area contributed by atoms with Gasteiger partial charge in [-0.3, -0.25) is 9.59 Å². The van der Waals surface area contributed by atoms with Gasteiger partial charge in [0.25, 0.3) is 0 Å². The summed E-state index contributed by atoms with van der Waals surface area (Å²) >= 11 is 0. The Morgan fingerprint density at radius 3 is 2.32 bits per heavy atom. The molecule has 1 saturated carbocycles. The van der Waals surface area contributed by atoms with Crippen LogP contribution in [-0.2, 0) is 14.3 Å². The number of piperidine rings is 1. The lowest BCUT2D eigenvalue weighted by Gasteiger charge is -2.32. The number of hydrogen-bond donors (Lipinski definition) is 2. The van der Waals surface area contributed by atoms with Crippen LogP contribution in [0.15, 0.2) is 0 Å². The minimum Gasteiger partial charge on any atom is -0.450 e. The van der Waals surface area contributed by atoms with Crippen LogP contribution in [-0.4, -0.2) is 80.6 Å². The quantitative estimate of drug-likeness (QED) is 0.637. The number of carbonyl (C=O) groups is 3. The van der Waals surface area contributed by atoms with Crippen molar-refractivity contribution in [2.24, 2.45) is 5.41 Å². The first-order chi connectivity index (χ1) is 11.9. The minimum atomic E-state index is -0.884. The van der Waals surface area contributed by atoms with Crippen molar-refractivity contribution in [1.29, 1.82) is 0 Å². The molecule has 142 valence electrons. The van der Waals surface area contributed by atoms with Crippen molar-refractivity contribution >= 4 is 17.9 Å². The van der Waals surface area contributed by atoms with E-state index in [0.717, 1.165) is 6.54 Å². The molecule has 8 heteroatoms. The van der Waals surface area contributed by atoms with Crippen LogP contribution in [0.3, 0.4) is 0 Å². The molecule has 0 aromatic carbocycles. The summed E-state index contributed by atoms with van der Waals surface area (Å²) in [4.78, 5) is 40.2. The monoisotopic (exact) mass is 354 g/mol. The Hall–Kier alpha value is -1.83. The number of nitrogens with one attached hydrogen (secondary N) is 2. The van der Waals surface area contributed by atoms with Crippen LogP contribution in [0.5, 0.6) is 0 Å². The van der Waals surface area contributed by atoms with Gasteiger partial charge >= 0.3 is 6.09 Å². The van der Waals surface area contributed by atoms with Gasteiger partial charge in [0.15, 0.2) is 0 Å². The third-order valence-electron chi connectivity index (χ3n) is 4.82. The van der Waals surface area contributed by atoms with Gasteiger partial charge in [0.1, 0.15) is 5.41 Å². The van der Waals surface area contributed by atoms with Crippen molar-refractivity contribution in [1.82, 2.24) is 20.4 Å². The first-order valence-corrected chi connectivity index (χ1v) is 9.04. The molecule has 0 aromatic rings. The molecular weight excluding hydrogens is 324 g/mol. The zero-order valence-electron chi connectivity index (χ0n) is 15.5. The van der Waals surface area contributed by atoms with E-state index in [0.29, 0.717) is 51.9 Å². The largest absolute Gasteiger partial charge is 0.450 e. The van der Waals surface area contributed by atoms with Crippen molar-refractivity contribution in [3.8, 4) is 0 Å². The fraction of sp³-hybridized carbons (Fsp3) is 0.824. The molecule has 0 aromatic heterocycles. The van der Waals surface area contributed by atoms with Crippen LogP contribution in [0.2, 0.25) is 0 Å². The Labute approximate surface area is 149 Å². The van der Waals surface area contributed by atoms with Gasteiger partial charge < -0.3 is 25.2 Å². The molecular formula is C17H30N4O4. The summed E-state index contributed by atoms with van der Waals surface area (Å²) < 4.78 is 4.99. The molecule has 1 aliphatic carbocycles. The highest BCUT2D eigenvalue weighted by Crippen LogP contribution is 2.46. The number of hydrogen-bond acceptors (Lipinski definition) is 5. The predicted octanol–water partition coefficient (Wildman–Crippen LogP) is 0.182. The molecule has 2 aliphatic rings. The van der Waals surface area contributed by atoms with Crippen molar-refractivity contribution < 1.29 is 19.1 Å². The average molecular weight is 354 g/mol. The summed E-state index contributed by atoms with van der Waals surface area (Å²) in [6.45, 7) is 4.55. The number of amides is 3. The molecule has 0 spiro atoms. The van der Waals surface area contributed by atoms with Gasteiger partial charge in [0.2, 0.25) is 11.8 Å². The van der Waals surface area contributed by atoms with E-state index in [1.807, 2.05) is 19.0 Å². The van der Waals surface area contributed by atoms with Crippen LogP contribution >= 0.6 is 0 Å². The minimum absolute atomic E-state index is 0.00484. The lowest BCUT2D eigenvalue weighted by atomic mass is 10.0. The predicted molar refractivity (Wildman–Crippen MR) is 93.0 cm³/mol. The van der Waals surface area contributed by atoms with Crippen molar-refractivity contribution in [3.63, 3.8) is 0 Å². The fourth-order valence-electron chi connectivity index (χ4n) is 2.99. The summed E-state index contributed by atoms with van der Waals surface area (Å²) in [7, 11) is 3.88. The number of rotatable bonds is 7. The van der Waals surface area contributed by atoms with Gasteiger partial charge in [-0.15, -0.1) is 0 Å². The Balaban J connectivity index is 1.76. The van der Waals surface area contributed by atoms with E-state index >= 15 is 0 Å².